The van der Waals surface area contributed by atoms with Gasteiger partial charge in [-0.15, -0.1) is 6.58 Å². The van der Waals surface area contributed by atoms with Crippen LogP contribution >= 0.6 is 0 Å². The number of aliphatic carboxylic acids is 1. The molecule has 1 rings (SSSR count). The number of carbonyl (C=O) groups is 1. The van der Waals surface area contributed by atoms with Crippen LogP contribution in [0.5, 0.6) is 0 Å². The third-order valence-electron chi connectivity index (χ3n) is 2.65. The predicted molar refractivity (Wildman–Crippen MR) is 52.7 cm³/mol. The third-order valence-corrected chi connectivity index (χ3v) is 4.36. The van der Waals surface area contributed by atoms with Crippen molar-refractivity contribution < 1.29 is 18.3 Å². The highest BCUT2D eigenvalue weighted by Crippen LogP contribution is 2.27. The Kier molecular flexibility index (Phi) is 3.31. The quantitative estimate of drug-likeness (QED) is 0.708. The molecule has 0 aromatic heterocycles. The number of carboxylic acid groups (broad SMARTS) is 1. The van der Waals surface area contributed by atoms with Crippen molar-refractivity contribution in [2.75, 3.05) is 11.5 Å². The summed E-state index contributed by atoms with van der Waals surface area (Å²) in [6.45, 7) is 3.46. The van der Waals surface area contributed by atoms with Crippen LogP contribution in [-0.4, -0.2) is 31.0 Å². The molecule has 0 amide bonds. The van der Waals surface area contributed by atoms with Gasteiger partial charge >= 0.3 is 5.97 Å². The molecule has 1 heterocycles. The van der Waals surface area contributed by atoms with Crippen LogP contribution in [0.4, 0.5) is 0 Å². The molecule has 0 aromatic carbocycles. The Bertz CT molecular complexity index is 317. The van der Waals surface area contributed by atoms with Crippen LogP contribution in [0.15, 0.2) is 12.7 Å². The molecule has 5 heteroatoms. The molecule has 1 saturated heterocycles. The maximum atomic E-state index is 11.1. The molecule has 0 spiro atoms. The molecule has 14 heavy (non-hydrogen) atoms. The van der Waals surface area contributed by atoms with Gasteiger partial charge in [-0.25, -0.2) is 8.42 Å². The zero-order valence-electron chi connectivity index (χ0n) is 7.85. The van der Waals surface area contributed by atoms with Crippen molar-refractivity contribution >= 4 is 15.8 Å². The molecule has 1 unspecified atom stereocenters. The lowest BCUT2D eigenvalue weighted by Gasteiger charge is -2.25. The van der Waals surface area contributed by atoms with Crippen LogP contribution in [0.2, 0.25) is 0 Å². The lowest BCUT2D eigenvalue weighted by Crippen LogP contribution is -2.30. The first kappa shape index (κ1) is 11.2. The Morgan fingerprint density at radius 3 is 2.29 bits per heavy atom. The Morgan fingerprint density at radius 1 is 1.43 bits per heavy atom. The van der Waals surface area contributed by atoms with Gasteiger partial charge in [0.05, 0.1) is 17.4 Å². The van der Waals surface area contributed by atoms with Gasteiger partial charge in [0.1, 0.15) is 9.84 Å². The minimum absolute atomic E-state index is 0.0754. The zero-order valence-corrected chi connectivity index (χ0v) is 8.66. The Hall–Kier alpha value is -0.840. The normalized spacial score (nSPS) is 24.0. The second kappa shape index (κ2) is 4.13. The molecule has 1 aliphatic rings. The molecule has 1 aliphatic heterocycles. The highest BCUT2D eigenvalue weighted by atomic mass is 32.2. The van der Waals surface area contributed by atoms with Gasteiger partial charge in [0, 0.05) is 0 Å². The van der Waals surface area contributed by atoms with E-state index in [1.165, 1.54) is 6.08 Å². The first-order valence-electron chi connectivity index (χ1n) is 4.52. The van der Waals surface area contributed by atoms with Crippen molar-refractivity contribution in [2.24, 2.45) is 11.8 Å². The Labute approximate surface area is 83.5 Å². The van der Waals surface area contributed by atoms with Crippen LogP contribution in [0.1, 0.15) is 12.8 Å². The molecule has 0 bridgehead atoms. The molecule has 0 aliphatic carbocycles. The third kappa shape index (κ3) is 2.57. The van der Waals surface area contributed by atoms with Gasteiger partial charge in [-0.2, -0.15) is 0 Å². The summed E-state index contributed by atoms with van der Waals surface area (Å²) >= 11 is 0. The van der Waals surface area contributed by atoms with Crippen molar-refractivity contribution in [3.8, 4) is 0 Å². The summed E-state index contributed by atoms with van der Waals surface area (Å²) in [5.41, 5.74) is 0. The molecule has 1 N–H and O–H groups in total. The van der Waals surface area contributed by atoms with E-state index in [2.05, 4.69) is 6.58 Å². The number of hydrogen-bond acceptors (Lipinski definition) is 3. The van der Waals surface area contributed by atoms with Gasteiger partial charge < -0.3 is 5.11 Å². The van der Waals surface area contributed by atoms with E-state index in [1.54, 1.807) is 0 Å². The summed E-state index contributed by atoms with van der Waals surface area (Å²) in [7, 11) is -2.91. The fourth-order valence-electron chi connectivity index (χ4n) is 1.76. The maximum absolute atomic E-state index is 11.1. The van der Waals surface area contributed by atoms with E-state index in [-0.39, 0.29) is 17.4 Å². The highest BCUT2D eigenvalue weighted by molar-refractivity contribution is 7.91. The van der Waals surface area contributed by atoms with Crippen molar-refractivity contribution in [3.05, 3.63) is 12.7 Å². The fourth-order valence-corrected chi connectivity index (χ4v) is 3.29. The minimum Gasteiger partial charge on any atom is -0.481 e. The highest BCUT2D eigenvalue weighted by Gasteiger charge is 2.31. The summed E-state index contributed by atoms with van der Waals surface area (Å²) < 4.78 is 22.2. The van der Waals surface area contributed by atoms with Gasteiger partial charge in [-0.3, -0.25) is 4.79 Å². The average molecular weight is 218 g/mol. The molecule has 1 atom stereocenters. The number of sulfone groups is 1. The van der Waals surface area contributed by atoms with Gasteiger partial charge in [-0.1, -0.05) is 6.08 Å². The average Bonchev–Trinajstić information content (AvgIpc) is 2.08. The lowest BCUT2D eigenvalue weighted by atomic mass is 9.88. The number of hydrogen-bond donors (Lipinski definition) is 1. The largest absolute Gasteiger partial charge is 0.481 e. The van der Waals surface area contributed by atoms with E-state index in [9.17, 15) is 13.2 Å². The molecule has 0 saturated carbocycles. The Balaban J connectivity index is 2.65. The zero-order chi connectivity index (χ0) is 10.8. The summed E-state index contributed by atoms with van der Waals surface area (Å²) in [4.78, 5) is 10.8. The first-order valence-corrected chi connectivity index (χ1v) is 6.34. The molecule has 0 radical (unpaired) electrons. The molecule has 80 valence electrons. The van der Waals surface area contributed by atoms with Gasteiger partial charge in [0.25, 0.3) is 0 Å². The summed E-state index contributed by atoms with van der Waals surface area (Å²) in [6.07, 6.45) is 2.27. The predicted octanol–water partition coefficient (Wildman–Crippen LogP) is 0.698. The SMILES string of the molecule is C=CC(C(=O)O)C1CCS(=O)(=O)CC1. The van der Waals surface area contributed by atoms with Gasteiger partial charge in [-0.05, 0) is 18.8 Å². The van der Waals surface area contributed by atoms with E-state index < -0.39 is 21.7 Å². The van der Waals surface area contributed by atoms with Crippen LogP contribution in [-0.2, 0) is 14.6 Å². The smallest absolute Gasteiger partial charge is 0.310 e. The molecule has 0 aromatic rings. The summed E-state index contributed by atoms with van der Waals surface area (Å²) in [5.74, 6) is -1.38. The molecule has 4 nitrogen and oxygen atoms in total. The minimum atomic E-state index is -2.91. The summed E-state index contributed by atoms with van der Waals surface area (Å²) in [6, 6.07) is 0. The second-order valence-electron chi connectivity index (χ2n) is 3.59. The summed E-state index contributed by atoms with van der Waals surface area (Å²) in [5, 5.41) is 8.83. The molecule has 1 fully saturated rings. The second-order valence-corrected chi connectivity index (χ2v) is 5.89. The van der Waals surface area contributed by atoms with Crippen LogP contribution < -0.4 is 0 Å². The Morgan fingerprint density at radius 2 is 1.93 bits per heavy atom. The van der Waals surface area contributed by atoms with Crippen molar-refractivity contribution in [2.45, 2.75) is 12.8 Å². The number of carboxylic acids is 1. The molecular weight excluding hydrogens is 204 g/mol. The van der Waals surface area contributed by atoms with Gasteiger partial charge in [0.2, 0.25) is 0 Å². The van der Waals surface area contributed by atoms with Crippen molar-refractivity contribution in [1.29, 1.82) is 0 Å². The standard InChI is InChI=1S/C9H14O4S/c1-2-8(9(10)11)7-3-5-14(12,13)6-4-7/h2,7-8H,1,3-6H2,(H,10,11). The first-order chi connectivity index (χ1) is 6.46. The van der Waals surface area contributed by atoms with Crippen LogP contribution in [0.25, 0.3) is 0 Å². The number of rotatable bonds is 3. The van der Waals surface area contributed by atoms with Crippen LogP contribution in [0, 0.1) is 11.8 Å². The maximum Gasteiger partial charge on any atom is 0.310 e. The van der Waals surface area contributed by atoms with Crippen molar-refractivity contribution in [3.63, 3.8) is 0 Å². The van der Waals surface area contributed by atoms with E-state index in [1.807, 2.05) is 0 Å². The lowest BCUT2D eigenvalue weighted by molar-refractivity contribution is -0.141. The fraction of sp³-hybridized carbons (Fsp3) is 0.667. The van der Waals surface area contributed by atoms with Crippen molar-refractivity contribution in [1.82, 2.24) is 0 Å². The van der Waals surface area contributed by atoms with E-state index in [0.29, 0.717) is 12.8 Å². The molecular formula is C9H14O4S. The van der Waals surface area contributed by atoms with E-state index in [0.717, 1.165) is 0 Å². The topological polar surface area (TPSA) is 71.4 Å². The van der Waals surface area contributed by atoms with Crippen LogP contribution in [0.3, 0.4) is 0 Å². The monoisotopic (exact) mass is 218 g/mol. The van der Waals surface area contributed by atoms with Gasteiger partial charge in [0.15, 0.2) is 0 Å². The van der Waals surface area contributed by atoms with E-state index in [4.69, 9.17) is 5.11 Å². The van der Waals surface area contributed by atoms with E-state index >= 15 is 0 Å².